The van der Waals surface area contributed by atoms with Crippen LogP contribution < -0.4 is 11.1 Å². The Kier molecular flexibility index (Phi) is 7.45. The van der Waals surface area contributed by atoms with Gasteiger partial charge in [-0.05, 0) is 73.1 Å². The molecule has 2 heterocycles. The van der Waals surface area contributed by atoms with Crippen molar-refractivity contribution < 1.29 is 31.5 Å². The Morgan fingerprint density at radius 1 is 1.02 bits per heavy atom. The van der Waals surface area contributed by atoms with E-state index in [0.717, 1.165) is 37.1 Å². The van der Waals surface area contributed by atoms with Crippen LogP contribution in [0.3, 0.4) is 0 Å². The molecule has 0 aliphatic heterocycles. The molecule has 0 saturated heterocycles. The summed E-state index contributed by atoms with van der Waals surface area (Å²) in [6.45, 7) is -0.352. The van der Waals surface area contributed by atoms with Crippen LogP contribution >= 0.6 is 0 Å². The second-order valence-electron chi connectivity index (χ2n) is 11.0. The second kappa shape index (κ2) is 11.2. The number of carbonyl (C=O) groups is 2. The lowest BCUT2D eigenvalue weighted by atomic mass is 9.64. The maximum absolute atomic E-state index is 14.2. The zero-order valence-electron chi connectivity index (χ0n) is 22.7. The molecule has 0 spiro atoms. The van der Waals surface area contributed by atoms with Crippen LogP contribution in [0, 0.1) is 23.4 Å². The van der Waals surface area contributed by atoms with E-state index in [1.807, 2.05) is 0 Å². The summed E-state index contributed by atoms with van der Waals surface area (Å²) in [5.41, 5.74) is 7.09. The van der Waals surface area contributed by atoms with Gasteiger partial charge in [-0.2, -0.15) is 5.10 Å². The van der Waals surface area contributed by atoms with Crippen LogP contribution in [0.25, 0.3) is 11.1 Å². The standard InChI is InChI=1S/C31H26F5N5O2/c32-19-8-16(9-20(33)13-19)11-25(27-21(2-1-5-38-27)17-3-4-24(34)22(12-17)31(37)43)39-26(42)14-41-29-18-6-15(7-18)10-23(29)28(40-41)30(35)36/h1-5,8-9,12-13,15,18,25,30H,6-7,10-11,14H2,(H2,37,43)(H,39,42)/t15?,18?,25-/m0/s1. The van der Waals surface area contributed by atoms with Gasteiger partial charge in [0.15, 0.2) is 0 Å². The molecule has 3 aliphatic carbocycles. The number of nitrogens with one attached hydrogen (secondary N) is 1. The zero-order chi connectivity index (χ0) is 30.4. The van der Waals surface area contributed by atoms with Gasteiger partial charge < -0.3 is 11.1 Å². The molecule has 0 radical (unpaired) electrons. The molecule has 3 aliphatic rings. The van der Waals surface area contributed by atoms with Crippen molar-refractivity contribution >= 4 is 11.8 Å². The summed E-state index contributed by atoms with van der Waals surface area (Å²) in [5, 5.41) is 6.95. The van der Waals surface area contributed by atoms with Crippen LogP contribution in [0.2, 0.25) is 0 Å². The van der Waals surface area contributed by atoms with Crippen LogP contribution in [0.4, 0.5) is 22.0 Å². The first kappa shape index (κ1) is 28.5. The summed E-state index contributed by atoms with van der Waals surface area (Å²) in [4.78, 5) is 29.7. The summed E-state index contributed by atoms with van der Waals surface area (Å²) in [7, 11) is 0. The average Bonchev–Trinajstić information content (AvgIpc) is 3.31. The Hall–Kier alpha value is -4.61. The third-order valence-corrected chi connectivity index (χ3v) is 8.15. The van der Waals surface area contributed by atoms with Crippen LogP contribution in [0.1, 0.15) is 69.8 Å². The first-order valence-corrected chi connectivity index (χ1v) is 13.7. The highest BCUT2D eigenvalue weighted by atomic mass is 19.3. The third-order valence-electron chi connectivity index (χ3n) is 8.15. The van der Waals surface area contributed by atoms with E-state index in [9.17, 15) is 31.5 Å². The SMILES string of the molecule is NC(=O)c1cc(-c2cccnc2[C@H](Cc2cc(F)cc(F)c2)NC(=O)Cn2nc(C(F)F)c3c2C2CC(C3)C2)ccc1F. The first-order valence-electron chi connectivity index (χ1n) is 13.7. The minimum absolute atomic E-state index is 0.0629. The third kappa shape index (κ3) is 5.61. The highest BCUT2D eigenvalue weighted by Gasteiger charge is 2.43. The number of carbonyl (C=O) groups excluding carboxylic acids is 2. The van der Waals surface area contributed by atoms with Gasteiger partial charge in [0, 0.05) is 35.0 Å². The predicted octanol–water partition coefficient (Wildman–Crippen LogP) is 5.55. The highest BCUT2D eigenvalue weighted by Crippen LogP contribution is 2.51. The predicted molar refractivity (Wildman–Crippen MR) is 145 cm³/mol. The molecule has 222 valence electrons. The Bertz CT molecular complexity index is 1710. The van der Waals surface area contributed by atoms with E-state index in [0.29, 0.717) is 34.7 Å². The Morgan fingerprint density at radius 3 is 2.47 bits per heavy atom. The molecule has 12 heteroatoms. The van der Waals surface area contributed by atoms with Crippen molar-refractivity contribution in [3.05, 3.63) is 106 Å². The normalized spacial score (nSPS) is 17.7. The van der Waals surface area contributed by atoms with E-state index in [4.69, 9.17) is 5.73 Å². The average molecular weight is 596 g/mol. The number of rotatable bonds is 9. The smallest absolute Gasteiger partial charge is 0.282 e. The fourth-order valence-electron chi connectivity index (χ4n) is 6.29. The second-order valence-corrected chi connectivity index (χ2v) is 11.0. The van der Waals surface area contributed by atoms with Gasteiger partial charge in [0.25, 0.3) is 12.3 Å². The van der Waals surface area contributed by atoms with Crippen molar-refractivity contribution in [2.45, 2.75) is 50.6 Å². The number of halogens is 5. The van der Waals surface area contributed by atoms with E-state index in [1.165, 1.54) is 23.0 Å². The minimum atomic E-state index is -2.77. The number of primary amides is 1. The Morgan fingerprint density at radius 2 is 1.77 bits per heavy atom. The number of aromatic nitrogens is 3. The fraction of sp³-hybridized carbons (Fsp3) is 0.290. The summed E-state index contributed by atoms with van der Waals surface area (Å²) in [6, 6.07) is 8.98. The molecule has 7 rings (SSSR count). The molecule has 0 unspecified atom stereocenters. The Balaban J connectivity index is 1.36. The lowest BCUT2D eigenvalue weighted by Gasteiger charge is -2.41. The summed E-state index contributed by atoms with van der Waals surface area (Å²) in [6.07, 6.45) is 0.802. The lowest BCUT2D eigenvalue weighted by Crippen LogP contribution is -2.36. The van der Waals surface area contributed by atoms with Crippen molar-refractivity contribution in [1.82, 2.24) is 20.1 Å². The largest absolute Gasteiger partial charge is 0.366 e. The van der Waals surface area contributed by atoms with Crippen molar-refractivity contribution in [1.29, 1.82) is 0 Å². The molecule has 43 heavy (non-hydrogen) atoms. The van der Waals surface area contributed by atoms with Gasteiger partial charge in [-0.1, -0.05) is 12.1 Å². The molecular formula is C31H26F5N5O2. The molecule has 1 fully saturated rings. The van der Waals surface area contributed by atoms with Gasteiger partial charge in [0.05, 0.1) is 17.3 Å². The maximum Gasteiger partial charge on any atom is 0.282 e. The number of pyridine rings is 1. The van der Waals surface area contributed by atoms with Crippen molar-refractivity contribution in [2.75, 3.05) is 0 Å². The summed E-state index contributed by atoms with van der Waals surface area (Å²) >= 11 is 0. The van der Waals surface area contributed by atoms with Crippen molar-refractivity contribution in [2.24, 2.45) is 11.7 Å². The van der Waals surface area contributed by atoms with Crippen LogP contribution in [-0.4, -0.2) is 26.6 Å². The van der Waals surface area contributed by atoms with Gasteiger partial charge in [0.2, 0.25) is 5.91 Å². The maximum atomic E-state index is 14.2. The molecule has 3 N–H and O–H groups in total. The summed E-state index contributed by atoms with van der Waals surface area (Å²) in [5.74, 6) is -3.59. The van der Waals surface area contributed by atoms with Gasteiger partial charge in [0.1, 0.15) is 29.7 Å². The molecule has 4 aromatic rings. The van der Waals surface area contributed by atoms with Gasteiger partial charge in [-0.25, -0.2) is 22.0 Å². The van der Waals surface area contributed by atoms with Gasteiger partial charge in [-0.15, -0.1) is 0 Å². The fourth-order valence-corrected chi connectivity index (χ4v) is 6.29. The van der Waals surface area contributed by atoms with E-state index >= 15 is 0 Å². The molecule has 1 atom stereocenters. The highest BCUT2D eigenvalue weighted by molar-refractivity contribution is 5.94. The number of nitrogens with zero attached hydrogens (tertiary/aromatic N) is 3. The topological polar surface area (TPSA) is 103 Å². The van der Waals surface area contributed by atoms with Gasteiger partial charge in [-0.3, -0.25) is 19.3 Å². The summed E-state index contributed by atoms with van der Waals surface area (Å²) < 4.78 is 71.4. The van der Waals surface area contributed by atoms with E-state index in [1.54, 1.807) is 12.1 Å². The quantitative estimate of drug-likeness (QED) is 0.248. The van der Waals surface area contributed by atoms with E-state index in [2.05, 4.69) is 15.4 Å². The zero-order valence-corrected chi connectivity index (χ0v) is 22.7. The van der Waals surface area contributed by atoms with Crippen LogP contribution in [-0.2, 0) is 24.2 Å². The van der Waals surface area contributed by atoms with Crippen molar-refractivity contribution in [3.63, 3.8) is 0 Å². The van der Waals surface area contributed by atoms with E-state index < -0.39 is 41.7 Å². The molecule has 2 bridgehead atoms. The van der Waals surface area contributed by atoms with Crippen molar-refractivity contribution in [3.8, 4) is 11.1 Å². The number of hydrogen-bond acceptors (Lipinski definition) is 4. The minimum Gasteiger partial charge on any atom is -0.366 e. The first-order chi connectivity index (χ1) is 20.6. The molecule has 1 saturated carbocycles. The molecule has 2 amide bonds. The number of nitrogens with two attached hydrogens (primary N) is 1. The molecule has 2 aromatic heterocycles. The molecular weight excluding hydrogens is 569 g/mol. The van der Waals surface area contributed by atoms with Crippen LogP contribution in [0.15, 0.2) is 54.7 Å². The number of benzene rings is 2. The Labute approximate surface area is 242 Å². The number of alkyl halides is 2. The lowest BCUT2D eigenvalue weighted by molar-refractivity contribution is -0.122. The van der Waals surface area contributed by atoms with Gasteiger partial charge >= 0.3 is 0 Å². The van der Waals surface area contributed by atoms with Crippen LogP contribution in [0.5, 0.6) is 0 Å². The molecule has 7 nitrogen and oxygen atoms in total. The molecule has 2 aromatic carbocycles. The van der Waals surface area contributed by atoms with E-state index in [-0.39, 0.29) is 41.4 Å². The monoisotopic (exact) mass is 595 g/mol. The number of hydrogen-bond donors (Lipinski definition) is 2. The number of amides is 2.